The van der Waals surface area contributed by atoms with Crippen molar-refractivity contribution in [1.82, 2.24) is 0 Å². The lowest BCUT2D eigenvalue weighted by atomic mass is 9.69. The first-order chi connectivity index (χ1) is 22.2. The van der Waals surface area contributed by atoms with E-state index in [-0.39, 0.29) is 22.6 Å². The van der Waals surface area contributed by atoms with Crippen LogP contribution in [0.2, 0.25) is 0 Å². The molecule has 47 heavy (non-hydrogen) atoms. The second-order valence-electron chi connectivity index (χ2n) is 12.2. The highest BCUT2D eigenvalue weighted by atomic mass is 35.5. The van der Waals surface area contributed by atoms with Crippen molar-refractivity contribution < 1.29 is 30.6 Å². The van der Waals surface area contributed by atoms with Gasteiger partial charge < -0.3 is 4.18 Å². The summed E-state index contributed by atoms with van der Waals surface area (Å²) in [6.45, 7) is 3.08. The third-order valence-electron chi connectivity index (χ3n) is 8.78. The summed E-state index contributed by atoms with van der Waals surface area (Å²) in [4.78, 5) is 10.4. The van der Waals surface area contributed by atoms with Crippen molar-refractivity contribution in [2.45, 2.75) is 74.6 Å². The van der Waals surface area contributed by atoms with E-state index in [1.54, 1.807) is 12.1 Å². The summed E-state index contributed by atoms with van der Waals surface area (Å²) in [5.74, 6) is 1.78. The van der Waals surface area contributed by atoms with E-state index in [0.717, 1.165) is 32.1 Å². The number of halogens is 5. The van der Waals surface area contributed by atoms with Crippen molar-refractivity contribution >= 4 is 39.1 Å². The van der Waals surface area contributed by atoms with Crippen molar-refractivity contribution in [3.8, 4) is 12.1 Å². The number of Topliss-reactive ketones (excluding diaryl/α,β-unsaturated/α-hetero) is 1. The van der Waals surface area contributed by atoms with Crippen LogP contribution in [0.5, 0.6) is 0 Å². The third-order valence-corrected chi connectivity index (χ3v) is 10.4. The Hall–Kier alpha value is -3.05. The maximum absolute atomic E-state index is 12.1. The van der Waals surface area contributed by atoms with Crippen LogP contribution in [0.1, 0.15) is 64.2 Å². The molecule has 7 unspecified atom stereocenters. The first kappa shape index (κ1) is 38.4. The van der Waals surface area contributed by atoms with Crippen LogP contribution < -0.4 is 0 Å². The summed E-state index contributed by atoms with van der Waals surface area (Å²) in [6.07, 6.45) is 32.4. The maximum Gasteiger partial charge on any atom is 0.534 e. The third kappa shape index (κ3) is 11.6. The van der Waals surface area contributed by atoms with Crippen LogP contribution in [-0.4, -0.2) is 24.6 Å². The molecule has 6 bridgehead atoms. The molecule has 0 amide bonds. The molecule has 7 atom stereocenters. The molecule has 0 saturated heterocycles. The molecule has 0 heterocycles. The lowest BCUT2D eigenvalue weighted by molar-refractivity contribution is -0.124. The molecule has 0 radical (unpaired) electrons. The summed E-state index contributed by atoms with van der Waals surface area (Å²) in [5, 5.41) is 16.6. The number of nitriles is 2. The topological polar surface area (TPSA) is 108 Å². The summed E-state index contributed by atoms with van der Waals surface area (Å²) in [5.41, 5.74) is -5.37. The summed E-state index contributed by atoms with van der Waals surface area (Å²) >= 11 is 11.1. The molecule has 6 nitrogen and oxygen atoms in total. The molecule has 0 aromatic heterocycles. The van der Waals surface area contributed by atoms with Gasteiger partial charge in [-0.3, -0.25) is 4.79 Å². The lowest BCUT2D eigenvalue weighted by Crippen LogP contribution is -2.39. The average molecular weight is 712 g/mol. The van der Waals surface area contributed by atoms with E-state index in [2.05, 4.69) is 65.4 Å². The van der Waals surface area contributed by atoms with Crippen LogP contribution in [0.25, 0.3) is 0 Å². The second kappa shape index (κ2) is 17.4. The Kier molecular flexibility index (Phi) is 14.2. The number of hydrogen-bond acceptors (Lipinski definition) is 6. The number of alkyl halides is 4. The molecule has 0 aliphatic heterocycles. The quantitative estimate of drug-likeness (QED) is 0.0929. The molecule has 254 valence electrons. The minimum absolute atomic E-state index is 0.0107. The molecule has 0 spiro atoms. The number of fused-ring (bicyclic) bond motifs is 5. The Bertz CT molecular complexity index is 1510. The van der Waals surface area contributed by atoms with Crippen LogP contribution in [0.15, 0.2) is 84.2 Å². The SMILES string of the molecule is C1=CCCC=C1.C=C(Cl)C#N.N#CC1(Cl)CC2C=CC1CC2.O=C1CC2C=CC1CC2.O=S(=O)(OC1=CC2C=CC1CC2)C(F)(F)F. The zero-order chi connectivity index (χ0) is 34.7. The Balaban J connectivity index is 0.000000170. The van der Waals surface area contributed by atoms with Gasteiger partial charge >= 0.3 is 15.6 Å². The second-order valence-corrected chi connectivity index (χ2v) is 14.9. The lowest BCUT2D eigenvalue weighted by Gasteiger charge is -2.39. The van der Waals surface area contributed by atoms with Gasteiger partial charge in [-0.15, -0.1) is 11.6 Å². The molecule has 10 aliphatic rings. The number of nitrogens with zero attached hydrogens (tertiary/aromatic N) is 2. The van der Waals surface area contributed by atoms with E-state index >= 15 is 0 Å². The Morgan fingerprint density at radius 3 is 1.77 bits per heavy atom. The van der Waals surface area contributed by atoms with Gasteiger partial charge in [0.2, 0.25) is 0 Å². The van der Waals surface area contributed by atoms with Gasteiger partial charge in [0, 0.05) is 24.2 Å². The summed E-state index contributed by atoms with van der Waals surface area (Å²) in [6, 6.07) is 3.82. The molecule has 10 rings (SSSR count). The maximum atomic E-state index is 12.1. The smallest absolute Gasteiger partial charge is 0.380 e. The van der Waals surface area contributed by atoms with Gasteiger partial charge in [0.1, 0.15) is 27.5 Å². The van der Waals surface area contributed by atoms with Crippen molar-refractivity contribution in [2.75, 3.05) is 0 Å². The number of rotatable bonds is 2. The standard InChI is InChI=1S/C9H10ClN.C9H9F3O3S.C8H10O.C6H8.C3H2ClN/c10-9(6-11)5-7-1-3-8(9)4-2-7;10-9(11,12)16(13,14)15-8-5-6-1-3-7(8)4-2-6;9-8-5-6-1-3-7(8)4-2-6;1-2-4-6-5-3-1;1-3(4)2-5/h1,3,7-8H,2,4-5H2;1,3,5-7H,2,4H2;1,3,6-7H,2,4-5H2;1-4H,5-6H2;1H2. The van der Waals surface area contributed by atoms with Crippen molar-refractivity contribution in [3.05, 3.63) is 84.2 Å². The zero-order valence-electron chi connectivity index (χ0n) is 25.9. The molecular weight excluding hydrogens is 672 g/mol. The van der Waals surface area contributed by atoms with Crippen molar-refractivity contribution in [3.63, 3.8) is 0 Å². The van der Waals surface area contributed by atoms with Gasteiger partial charge in [-0.1, -0.05) is 78.9 Å². The number of hydrogen-bond donors (Lipinski definition) is 0. The Labute approximate surface area is 285 Å². The van der Waals surface area contributed by atoms with Gasteiger partial charge in [0.25, 0.3) is 0 Å². The fourth-order valence-electron chi connectivity index (χ4n) is 6.17. The molecule has 10 aliphatic carbocycles. The molecule has 0 aromatic carbocycles. The van der Waals surface area contributed by atoms with E-state index in [4.69, 9.17) is 33.7 Å². The van der Waals surface area contributed by atoms with Crippen LogP contribution in [-0.2, 0) is 19.1 Å². The highest BCUT2D eigenvalue weighted by molar-refractivity contribution is 7.87. The van der Waals surface area contributed by atoms with Gasteiger partial charge in [0.05, 0.1) is 6.07 Å². The molecule has 0 aromatic rings. The predicted octanol–water partition coefficient (Wildman–Crippen LogP) is 9.50. The highest BCUT2D eigenvalue weighted by Gasteiger charge is 2.49. The molecular formula is C35H39Cl2F3N2O4S. The van der Waals surface area contributed by atoms with E-state index in [1.807, 2.05) is 6.08 Å². The Morgan fingerprint density at radius 1 is 0.915 bits per heavy atom. The first-order valence-corrected chi connectivity index (χ1v) is 17.8. The minimum atomic E-state index is -5.52. The summed E-state index contributed by atoms with van der Waals surface area (Å²) in [7, 11) is -5.52. The van der Waals surface area contributed by atoms with Gasteiger partial charge in [-0.05, 0) is 81.6 Å². The van der Waals surface area contributed by atoms with Crippen LogP contribution in [0, 0.1) is 58.2 Å². The van der Waals surface area contributed by atoms with Crippen molar-refractivity contribution in [1.29, 1.82) is 10.5 Å². The van der Waals surface area contributed by atoms with E-state index < -0.39 is 20.5 Å². The minimum Gasteiger partial charge on any atom is -0.380 e. The largest absolute Gasteiger partial charge is 0.534 e. The zero-order valence-corrected chi connectivity index (χ0v) is 28.2. The predicted molar refractivity (Wildman–Crippen MR) is 177 cm³/mol. The summed E-state index contributed by atoms with van der Waals surface area (Å²) < 4.78 is 61.9. The molecule has 12 heteroatoms. The van der Waals surface area contributed by atoms with Gasteiger partial charge in [-0.2, -0.15) is 32.1 Å². The first-order valence-electron chi connectivity index (χ1n) is 15.6. The molecule has 0 N–H and O–H groups in total. The number of ketones is 1. The fourth-order valence-corrected chi connectivity index (χ4v) is 7.08. The monoisotopic (exact) mass is 710 g/mol. The molecule has 2 saturated carbocycles. The van der Waals surface area contributed by atoms with Gasteiger partial charge in [-0.25, -0.2) is 0 Å². The average Bonchev–Trinajstić information content (AvgIpc) is 3.07. The van der Waals surface area contributed by atoms with Crippen LogP contribution in [0.3, 0.4) is 0 Å². The Morgan fingerprint density at radius 2 is 1.51 bits per heavy atom. The van der Waals surface area contributed by atoms with Crippen molar-refractivity contribution in [2.24, 2.45) is 35.5 Å². The number of carbonyl (C=O) groups excluding carboxylic acids is 1. The van der Waals surface area contributed by atoms with Crippen LogP contribution >= 0.6 is 23.2 Å². The van der Waals surface area contributed by atoms with E-state index in [0.29, 0.717) is 35.9 Å². The highest BCUT2D eigenvalue weighted by Crippen LogP contribution is 2.46. The van der Waals surface area contributed by atoms with E-state index in [1.165, 1.54) is 31.8 Å². The van der Waals surface area contributed by atoms with E-state index in [9.17, 15) is 26.4 Å². The van der Waals surface area contributed by atoms with Crippen LogP contribution in [0.4, 0.5) is 13.2 Å². The molecule has 2 fully saturated rings. The number of allylic oxidation sites excluding steroid dienone is 12. The van der Waals surface area contributed by atoms with Gasteiger partial charge in [0.15, 0.2) is 0 Å². The fraction of sp³-hybridized carbons (Fsp3) is 0.514. The normalized spacial score (nSPS) is 31.6. The number of carbonyl (C=O) groups is 1.